The van der Waals surface area contributed by atoms with E-state index in [9.17, 15) is 4.79 Å². The van der Waals surface area contributed by atoms with Gasteiger partial charge in [-0.05, 0) is 39.0 Å². The first-order valence-electron chi connectivity index (χ1n) is 7.17. The quantitative estimate of drug-likeness (QED) is 0.816. The van der Waals surface area contributed by atoms with Crippen molar-refractivity contribution in [1.29, 1.82) is 0 Å². The van der Waals surface area contributed by atoms with Crippen LogP contribution in [0.3, 0.4) is 0 Å². The summed E-state index contributed by atoms with van der Waals surface area (Å²) in [5.74, 6) is 0.575. The van der Waals surface area contributed by atoms with Crippen LogP contribution in [0.4, 0.5) is 0 Å². The van der Waals surface area contributed by atoms with Crippen molar-refractivity contribution < 1.29 is 9.53 Å². The summed E-state index contributed by atoms with van der Waals surface area (Å²) in [5.41, 5.74) is 5.42. The molecule has 2 atom stereocenters. The van der Waals surface area contributed by atoms with Crippen LogP contribution in [-0.2, 0) is 9.53 Å². The van der Waals surface area contributed by atoms with Gasteiger partial charge in [0.2, 0.25) is 5.91 Å². The molecule has 0 aromatic carbocycles. The lowest BCUT2D eigenvalue weighted by Gasteiger charge is -2.37. The Morgan fingerprint density at radius 1 is 1.47 bits per heavy atom. The lowest BCUT2D eigenvalue weighted by molar-refractivity contribution is -0.139. The van der Waals surface area contributed by atoms with Crippen LogP contribution in [0, 0.1) is 5.92 Å². The molecule has 2 N–H and O–H groups in total. The van der Waals surface area contributed by atoms with Crippen LogP contribution in [0.5, 0.6) is 0 Å². The van der Waals surface area contributed by atoms with Crippen molar-refractivity contribution >= 4 is 18.3 Å². The number of hydrogen-bond donors (Lipinski definition) is 1. The Labute approximate surface area is 123 Å². The van der Waals surface area contributed by atoms with Crippen LogP contribution < -0.4 is 5.73 Å². The summed E-state index contributed by atoms with van der Waals surface area (Å²) in [6.07, 6.45) is 3.90. The van der Waals surface area contributed by atoms with Gasteiger partial charge in [0.05, 0.1) is 12.1 Å². The van der Waals surface area contributed by atoms with Crippen LogP contribution in [0.25, 0.3) is 0 Å². The van der Waals surface area contributed by atoms with Crippen molar-refractivity contribution in [3.05, 3.63) is 0 Å². The second-order valence-corrected chi connectivity index (χ2v) is 5.59. The fourth-order valence-electron chi connectivity index (χ4n) is 2.66. The molecule has 114 valence electrons. The Bertz CT molecular complexity index is 272. The van der Waals surface area contributed by atoms with E-state index in [1.165, 1.54) is 0 Å². The zero-order chi connectivity index (χ0) is 13.6. The van der Waals surface area contributed by atoms with Crippen molar-refractivity contribution in [2.75, 3.05) is 26.3 Å². The predicted octanol–water partition coefficient (Wildman–Crippen LogP) is 2.20. The van der Waals surface area contributed by atoms with E-state index in [0.717, 1.165) is 52.0 Å². The summed E-state index contributed by atoms with van der Waals surface area (Å²) in [5, 5.41) is 0. The smallest absolute Gasteiger partial charge is 0.242 e. The van der Waals surface area contributed by atoms with E-state index >= 15 is 0 Å². The van der Waals surface area contributed by atoms with Crippen LogP contribution in [-0.4, -0.2) is 42.6 Å². The highest BCUT2D eigenvalue weighted by atomic mass is 35.5. The highest BCUT2D eigenvalue weighted by Gasteiger charge is 2.34. The first-order valence-corrected chi connectivity index (χ1v) is 7.17. The molecule has 5 heteroatoms. The third-order valence-corrected chi connectivity index (χ3v) is 3.62. The van der Waals surface area contributed by atoms with Gasteiger partial charge in [-0.2, -0.15) is 0 Å². The molecule has 1 aliphatic rings. The molecule has 0 aliphatic carbocycles. The minimum absolute atomic E-state index is 0. The lowest BCUT2D eigenvalue weighted by atomic mass is 9.92. The SMILES string of the molecule is CCCC(C)(N)C(=O)N1CCCC(COCC)C1.Cl. The summed E-state index contributed by atoms with van der Waals surface area (Å²) in [4.78, 5) is 14.3. The molecule has 0 radical (unpaired) electrons. The number of nitrogens with zero attached hydrogens (tertiary/aromatic N) is 1. The number of hydrogen-bond acceptors (Lipinski definition) is 3. The number of ether oxygens (including phenoxy) is 1. The number of rotatable bonds is 6. The molecule has 0 aromatic heterocycles. The zero-order valence-corrected chi connectivity index (χ0v) is 13.3. The summed E-state index contributed by atoms with van der Waals surface area (Å²) in [7, 11) is 0. The highest BCUT2D eigenvalue weighted by molar-refractivity contribution is 5.86. The summed E-state index contributed by atoms with van der Waals surface area (Å²) < 4.78 is 5.46. The van der Waals surface area contributed by atoms with Crippen molar-refractivity contribution in [3.8, 4) is 0 Å². The first-order chi connectivity index (χ1) is 8.51. The zero-order valence-electron chi connectivity index (χ0n) is 12.5. The van der Waals surface area contributed by atoms with E-state index in [1.54, 1.807) is 0 Å². The molecule has 0 spiro atoms. The Balaban J connectivity index is 0.00000324. The Hall–Kier alpha value is -0.320. The van der Waals surface area contributed by atoms with Gasteiger partial charge in [-0.25, -0.2) is 0 Å². The van der Waals surface area contributed by atoms with Crippen LogP contribution in [0.2, 0.25) is 0 Å². The van der Waals surface area contributed by atoms with Gasteiger partial charge in [-0.1, -0.05) is 13.3 Å². The molecular formula is C14H29ClN2O2. The fraction of sp³-hybridized carbons (Fsp3) is 0.929. The molecule has 0 aromatic rings. The number of halogens is 1. The molecule has 4 nitrogen and oxygen atoms in total. The van der Waals surface area contributed by atoms with Crippen molar-refractivity contribution in [3.63, 3.8) is 0 Å². The van der Waals surface area contributed by atoms with Crippen molar-refractivity contribution in [1.82, 2.24) is 4.90 Å². The minimum atomic E-state index is -0.706. The number of carbonyl (C=O) groups is 1. The number of nitrogens with two attached hydrogens (primary N) is 1. The topological polar surface area (TPSA) is 55.6 Å². The third kappa shape index (κ3) is 5.67. The van der Waals surface area contributed by atoms with Crippen LogP contribution >= 0.6 is 12.4 Å². The Morgan fingerprint density at radius 3 is 2.74 bits per heavy atom. The first kappa shape index (κ1) is 18.7. The molecule has 0 bridgehead atoms. The molecule has 1 amide bonds. The van der Waals surface area contributed by atoms with Gasteiger partial charge in [0.15, 0.2) is 0 Å². The fourth-order valence-corrected chi connectivity index (χ4v) is 2.66. The number of piperidine rings is 1. The average molecular weight is 293 g/mol. The largest absolute Gasteiger partial charge is 0.381 e. The average Bonchev–Trinajstić information content (AvgIpc) is 2.35. The molecule has 1 rings (SSSR count). The molecule has 1 heterocycles. The van der Waals surface area contributed by atoms with E-state index in [-0.39, 0.29) is 18.3 Å². The predicted molar refractivity (Wildman–Crippen MR) is 80.5 cm³/mol. The second-order valence-electron chi connectivity index (χ2n) is 5.59. The highest BCUT2D eigenvalue weighted by Crippen LogP contribution is 2.21. The summed E-state index contributed by atoms with van der Waals surface area (Å²) in [6, 6.07) is 0. The van der Waals surface area contributed by atoms with E-state index in [4.69, 9.17) is 10.5 Å². The Kier molecular flexibility index (Phi) is 8.62. The van der Waals surface area contributed by atoms with Gasteiger partial charge in [0.25, 0.3) is 0 Å². The molecule has 1 aliphatic heterocycles. The maximum Gasteiger partial charge on any atom is 0.242 e. The number of amides is 1. The minimum Gasteiger partial charge on any atom is -0.381 e. The molecule has 1 fully saturated rings. The molecule has 1 saturated heterocycles. The number of likely N-dealkylation sites (tertiary alicyclic amines) is 1. The maximum atomic E-state index is 12.4. The van der Waals surface area contributed by atoms with Gasteiger partial charge < -0.3 is 15.4 Å². The molecule has 19 heavy (non-hydrogen) atoms. The second kappa shape index (κ2) is 8.77. The van der Waals surface area contributed by atoms with Gasteiger partial charge in [-0.15, -0.1) is 12.4 Å². The van der Waals surface area contributed by atoms with E-state index in [0.29, 0.717) is 5.92 Å². The monoisotopic (exact) mass is 292 g/mol. The van der Waals surface area contributed by atoms with Crippen LogP contribution in [0.15, 0.2) is 0 Å². The molecule has 0 saturated carbocycles. The summed E-state index contributed by atoms with van der Waals surface area (Å²) >= 11 is 0. The van der Waals surface area contributed by atoms with Gasteiger partial charge in [-0.3, -0.25) is 4.79 Å². The molecular weight excluding hydrogens is 264 g/mol. The third-order valence-electron chi connectivity index (χ3n) is 3.62. The number of carbonyl (C=O) groups excluding carboxylic acids is 1. The standard InChI is InChI=1S/C14H28N2O2.ClH/c1-4-8-14(3,15)13(17)16-9-6-7-12(10-16)11-18-5-2;/h12H,4-11,15H2,1-3H3;1H. The molecule has 2 unspecified atom stereocenters. The van der Waals surface area contributed by atoms with Crippen molar-refractivity contribution in [2.45, 2.75) is 52.0 Å². The summed E-state index contributed by atoms with van der Waals surface area (Å²) in [6.45, 7) is 9.07. The lowest BCUT2D eigenvalue weighted by Crippen LogP contribution is -2.55. The maximum absolute atomic E-state index is 12.4. The normalized spacial score (nSPS) is 22.5. The van der Waals surface area contributed by atoms with Crippen molar-refractivity contribution in [2.24, 2.45) is 11.7 Å². The Morgan fingerprint density at radius 2 is 2.16 bits per heavy atom. The van der Waals surface area contributed by atoms with E-state index in [1.807, 2.05) is 18.7 Å². The van der Waals surface area contributed by atoms with Gasteiger partial charge in [0, 0.05) is 19.7 Å². The van der Waals surface area contributed by atoms with Gasteiger partial charge >= 0.3 is 0 Å². The van der Waals surface area contributed by atoms with Gasteiger partial charge in [0.1, 0.15) is 0 Å². The van der Waals surface area contributed by atoms with Crippen LogP contribution in [0.1, 0.15) is 46.5 Å². The van der Waals surface area contributed by atoms with E-state index < -0.39 is 5.54 Å². The van der Waals surface area contributed by atoms with E-state index in [2.05, 4.69) is 6.92 Å².